The molecule has 228 valence electrons. The molecule has 0 aliphatic carbocycles. The van der Waals surface area contributed by atoms with E-state index < -0.39 is 12.0 Å². The summed E-state index contributed by atoms with van der Waals surface area (Å²) in [6, 6.07) is 11.5. The average Bonchev–Trinajstić information content (AvgIpc) is 2.98. The standard InChI is InChI=1S/C31H42N4O7/c1-21-17-35(22(2)20-36)30(38)26-16-25(32-29(37)10-11-34-12-14-41-15-13-34)8-9-27(26)42-28(21)19-33(3)18-23-4-6-24(7-5-23)31(39)40/h4-9,16,21-22,28,36H,10-15,17-20H2,1-3H3,(H,32,37)(H,39,40)/t21-,22+,28-/m1/s1. The molecule has 4 rings (SSSR count). The van der Waals surface area contributed by atoms with Gasteiger partial charge in [0.15, 0.2) is 0 Å². The Morgan fingerprint density at radius 1 is 1.14 bits per heavy atom. The number of rotatable bonds is 11. The van der Waals surface area contributed by atoms with Crippen molar-refractivity contribution < 1.29 is 34.1 Å². The first-order chi connectivity index (χ1) is 20.1. The van der Waals surface area contributed by atoms with Gasteiger partial charge in [-0.3, -0.25) is 19.4 Å². The highest BCUT2D eigenvalue weighted by Crippen LogP contribution is 2.31. The molecule has 2 aliphatic heterocycles. The number of anilines is 1. The SMILES string of the molecule is C[C@@H]1CN([C@@H](C)CO)C(=O)c2cc(NC(=O)CCN3CCOCC3)ccc2O[C@@H]1CN(C)Cc1ccc(C(=O)O)cc1. The third kappa shape index (κ3) is 8.28. The number of carbonyl (C=O) groups is 3. The second kappa shape index (κ2) is 14.6. The van der Waals surface area contributed by atoms with Gasteiger partial charge in [-0.25, -0.2) is 4.79 Å². The first-order valence-electron chi connectivity index (χ1n) is 14.5. The molecule has 1 fully saturated rings. The van der Waals surface area contributed by atoms with Gasteiger partial charge in [-0.15, -0.1) is 0 Å². The number of morpholine rings is 1. The molecule has 2 aromatic carbocycles. The molecule has 11 nitrogen and oxygen atoms in total. The van der Waals surface area contributed by atoms with Crippen LogP contribution in [0.5, 0.6) is 5.75 Å². The second-order valence-electron chi connectivity index (χ2n) is 11.3. The molecule has 3 atom stereocenters. The fraction of sp³-hybridized carbons (Fsp3) is 0.516. The van der Waals surface area contributed by atoms with Crippen LogP contribution in [0.1, 0.15) is 46.5 Å². The van der Waals surface area contributed by atoms with Crippen molar-refractivity contribution in [1.82, 2.24) is 14.7 Å². The molecule has 2 aromatic rings. The lowest BCUT2D eigenvalue weighted by atomic mass is 9.99. The van der Waals surface area contributed by atoms with Gasteiger partial charge < -0.3 is 29.9 Å². The van der Waals surface area contributed by atoms with E-state index in [0.717, 1.165) is 18.7 Å². The number of ether oxygens (including phenoxy) is 2. The van der Waals surface area contributed by atoms with Crippen LogP contribution in [0.2, 0.25) is 0 Å². The number of likely N-dealkylation sites (N-methyl/N-ethyl adjacent to an activating group) is 1. The number of nitrogens with one attached hydrogen (secondary N) is 1. The molecule has 11 heteroatoms. The van der Waals surface area contributed by atoms with E-state index in [0.29, 0.717) is 62.8 Å². The smallest absolute Gasteiger partial charge is 0.335 e. The van der Waals surface area contributed by atoms with Crippen LogP contribution >= 0.6 is 0 Å². The van der Waals surface area contributed by atoms with Crippen molar-refractivity contribution in [3.63, 3.8) is 0 Å². The first-order valence-corrected chi connectivity index (χ1v) is 14.5. The Morgan fingerprint density at radius 3 is 2.52 bits per heavy atom. The van der Waals surface area contributed by atoms with E-state index in [1.165, 1.54) is 0 Å². The summed E-state index contributed by atoms with van der Waals surface area (Å²) < 4.78 is 11.8. The third-order valence-electron chi connectivity index (χ3n) is 7.85. The van der Waals surface area contributed by atoms with Gasteiger partial charge in [-0.05, 0) is 49.9 Å². The topological polar surface area (TPSA) is 132 Å². The van der Waals surface area contributed by atoms with Gasteiger partial charge in [0.1, 0.15) is 11.9 Å². The van der Waals surface area contributed by atoms with Crippen LogP contribution in [0, 0.1) is 5.92 Å². The van der Waals surface area contributed by atoms with Crippen molar-refractivity contribution in [3.8, 4) is 5.75 Å². The van der Waals surface area contributed by atoms with E-state index in [2.05, 4.69) is 15.1 Å². The van der Waals surface area contributed by atoms with Crippen molar-refractivity contribution in [2.75, 3.05) is 64.9 Å². The number of amides is 2. The predicted octanol–water partition coefficient (Wildman–Crippen LogP) is 2.40. The lowest BCUT2D eigenvalue weighted by Gasteiger charge is -2.38. The molecule has 0 unspecified atom stereocenters. The number of aliphatic hydroxyl groups excluding tert-OH is 1. The largest absolute Gasteiger partial charge is 0.488 e. The van der Waals surface area contributed by atoms with Gasteiger partial charge in [-0.1, -0.05) is 19.1 Å². The molecule has 3 N–H and O–H groups in total. The van der Waals surface area contributed by atoms with Crippen molar-refractivity contribution in [2.45, 2.75) is 39.0 Å². The summed E-state index contributed by atoms with van der Waals surface area (Å²) in [6.45, 7) is 8.79. The second-order valence-corrected chi connectivity index (χ2v) is 11.3. The fourth-order valence-electron chi connectivity index (χ4n) is 5.26. The minimum absolute atomic E-state index is 0.0486. The van der Waals surface area contributed by atoms with E-state index >= 15 is 0 Å². The number of hydrogen-bond acceptors (Lipinski definition) is 8. The zero-order chi connectivity index (χ0) is 30.2. The van der Waals surface area contributed by atoms with E-state index in [9.17, 15) is 19.5 Å². The minimum Gasteiger partial charge on any atom is -0.488 e. The molecule has 2 aliphatic rings. The van der Waals surface area contributed by atoms with Crippen LogP contribution in [0.4, 0.5) is 5.69 Å². The summed E-state index contributed by atoms with van der Waals surface area (Å²) in [5, 5.41) is 22.0. The van der Waals surface area contributed by atoms with Crippen LogP contribution in [-0.4, -0.2) is 114 Å². The molecule has 0 saturated carbocycles. The van der Waals surface area contributed by atoms with Crippen LogP contribution < -0.4 is 10.1 Å². The fourth-order valence-corrected chi connectivity index (χ4v) is 5.26. The number of benzene rings is 2. The third-order valence-corrected chi connectivity index (χ3v) is 7.85. The summed E-state index contributed by atoms with van der Waals surface area (Å²) >= 11 is 0. The van der Waals surface area contributed by atoms with Crippen molar-refractivity contribution in [3.05, 3.63) is 59.2 Å². The molecule has 0 spiro atoms. The molecule has 2 heterocycles. The zero-order valence-electron chi connectivity index (χ0n) is 24.6. The molecule has 2 amide bonds. The van der Waals surface area contributed by atoms with Crippen molar-refractivity contribution in [1.29, 1.82) is 0 Å². The van der Waals surface area contributed by atoms with E-state index in [-0.39, 0.29) is 36.0 Å². The summed E-state index contributed by atoms with van der Waals surface area (Å²) in [7, 11) is 1.97. The van der Waals surface area contributed by atoms with Crippen LogP contribution in [0.3, 0.4) is 0 Å². The van der Waals surface area contributed by atoms with Crippen LogP contribution in [0.15, 0.2) is 42.5 Å². The van der Waals surface area contributed by atoms with E-state index in [1.807, 2.05) is 20.9 Å². The molecule has 1 saturated heterocycles. The normalized spacial score (nSPS) is 20.3. The number of nitrogens with zero attached hydrogens (tertiary/aromatic N) is 3. The van der Waals surface area contributed by atoms with Gasteiger partial charge in [0.05, 0.1) is 37.0 Å². The number of aliphatic hydroxyl groups is 1. The number of aromatic carboxylic acids is 1. The molecule has 42 heavy (non-hydrogen) atoms. The lowest BCUT2D eigenvalue weighted by Crippen LogP contribution is -2.49. The maximum absolute atomic E-state index is 13.7. The molecule has 0 aromatic heterocycles. The Bertz CT molecular complexity index is 1230. The summed E-state index contributed by atoms with van der Waals surface area (Å²) in [5.74, 6) is -0.971. The predicted molar refractivity (Wildman–Crippen MR) is 158 cm³/mol. The van der Waals surface area contributed by atoms with E-state index in [4.69, 9.17) is 14.6 Å². The lowest BCUT2D eigenvalue weighted by molar-refractivity contribution is -0.116. The summed E-state index contributed by atoms with van der Waals surface area (Å²) in [4.78, 5) is 43.6. The monoisotopic (exact) mass is 582 g/mol. The van der Waals surface area contributed by atoms with E-state index in [1.54, 1.807) is 47.4 Å². The maximum Gasteiger partial charge on any atom is 0.335 e. The van der Waals surface area contributed by atoms with Gasteiger partial charge in [0, 0.05) is 57.3 Å². The van der Waals surface area contributed by atoms with Gasteiger partial charge in [-0.2, -0.15) is 0 Å². The highest BCUT2D eigenvalue weighted by molar-refractivity contribution is 6.00. The van der Waals surface area contributed by atoms with Crippen molar-refractivity contribution >= 4 is 23.5 Å². The quantitative estimate of drug-likeness (QED) is 0.365. The Morgan fingerprint density at radius 2 is 1.86 bits per heavy atom. The molecular weight excluding hydrogens is 540 g/mol. The highest BCUT2D eigenvalue weighted by Gasteiger charge is 2.33. The van der Waals surface area contributed by atoms with Crippen LogP contribution in [0.25, 0.3) is 0 Å². The summed E-state index contributed by atoms with van der Waals surface area (Å²) in [6.07, 6.45) is 0.0580. The molecule has 0 bridgehead atoms. The maximum atomic E-state index is 13.7. The Balaban J connectivity index is 1.49. The number of carboxylic acid groups (broad SMARTS) is 1. The van der Waals surface area contributed by atoms with Gasteiger partial charge in [0.25, 0.3) is 5.91 Å². The number of fused-ring (bicyclic) bond motifs is 1. The van der Waals surface area contributed by atoms with Crippen LogP contribution in [-0.2, 0) is 16.1 Å². The summed E-state index contributed by atoms with van der Waals surface area (Å²) in [5.41, 5.74) is 2.07. The average molecular weight is 583 g/mol. The number of carboxylic acids is 1. The Hall–Kier alpha value is -3.51. The zero-order valence-corrected chi connectivity index (χ0v) is 24.6. The minimum atomic E-state index is -0.961. The number of hydrogen-bond donors (Lipinski definition) is 3. The highest BCUT2D eigenvalue weighted by atomic mass is 16.5. The molecular formula is C31H42N4O7. The van der Waals surface area contributed by atoms with Gasteiger partial charge >= 0.3 is 5.97 Å². The van der Waals surface area contributed by atoms with Crippen molar-refractivity contribution in [2.24, 2.45) is 5.92 Å². The van der Waals surface area contributed by atoms with Gasteiger partial charge in [0.2, 0.25) is 5.91 Å². The Kier molecular flexibility index (Phi) is 10.9. The Labute approximate surface area is 247 Å². The first kappa shape index (κ1) is 31.4. The number of carbonyl (C=O) groups excluding carboxylic acids is 2. The molecule has 0 radical (unpaired) electrons.